The molecule has 0 saturated heterocycles. The summed E-state index contributed by atoms with van der Waals surface area (Å²) in [6.45, 7) is 0. The van der Waals surface area contributed by atoms with Crippen molar-refractivity contribution in [3.63, 3.8) is 0 Å². The van der Waals surface area contributed by atoms with Crippen molar-refractivity contribution in [1.82, 2.24) is 5.32 Å². The van der Waals surface area contributed by atoms with Crippen molar-refractivity contribution in [2.75, 3.05) is 0 Å². The van der Waals surface area contributed by atoms with Gasteiger partial charge in [-0.1, -0.05) is 12.1 Å². The van der Waals surface area contributed by atoms with E-state index in [0.717, 1.165) is 0 Å². The first kappa shape index (κ1) is 18.3. The molecule has 5 nitrogen and oxygen atoms in total. The van der Waals surface area contributed by atoms with E-state index in [2.05, 4.69) is 5.32 Å². The van der Waals surface area contributed by atoms with E-state index in [4.69, 9.17) is 5.73 Å². The summed E-state index contributed by atoms with van der Waals surface area (Å²) >= 11 is 0. The smallest absolute Gasteiger partial charge is 0.240 e. The van der Waals surface area contributed by atoms with Crippen LogP contribution in [0.4, 0.5) is 13.2 Å². The lowest BCUT2D eigenvalue weighted by molar-refractivity contribution is -0.127. The lowest BCUT2D eigenvalue weighted by atomic mass is 10.0. The highest BCUT2D eigenvalue weighted by molar-refractivity contribution is 5.87. The fourth-order valence-electron chi connectivity index (χ4n) is 2.23. The van der Waals surface area contributed by atoms with Crippen LogP contribution in [0.15, 0.2) is 36.4 Å². The molecule has 0 aliphatic rings. The van der Waals surface area contributed by atoms with Gasteiger partial charge in [0.2, 0.25) is 11.8 Å². The predicted molar refractivity (Wildman–Crippen MR) is 83.0 cm³/mol. The number of hydrogen-bond acceptors (Lipinski definition) is 3. The summed E-state index contributed by atoms with van der Waals surface area (Å²) in [4.78, 5) is 23.5. The molecule has 0 spiro atoms. The number of rotatable bonds is 6. The lowest BCUT2D eigenvalue weighted by Crippen LogP contribution is -2.46. The number of benzene rings is 2. The van der Waals surface area contributed by atoms with Gasteiger partial charge in [0, 0.05) is 12.0 Å². The maximum absolute atomic E-state index is 13.6. The van der Waals surface area contributed by atoms with E-state index in [-0.39, 0.29) is 12.2 Å². The van der Waals surface area contributed by atoms with Gasteiger partial charge in [0.15, 0.2) is 11.6 Å². The number of carbonyl (C=O) groups is 2. The van der Waals surface area contributed by atoms with Crippen LogP contribution in [-0.4, -0.2) is 23.0 Å². The van der Waals surface area contributed by atoms with E-state index in [1.807, 2.05) is 0 Å². The molecule has 0 aromatic heterocycles. The van der Waals surface area contributed by atoms with Crippen molar-refractivity contribution in [2.45, 2.75) is 18.9 Å². The molecule has 0 fully saturated rings. The van der Waals surface area contributed by atoms with Gasteiger partial charge in [-0.3, -0.25) is 9.59 Å². The molecule has 4 N–H and O–H groups in total. The molecule has 0 bridgehead atoms. The van der Waals surface area contributed by atoms with Gasteiger partial charge in [-0.05, 0) is 29.8 Å². The number of aromatic hydroxyl groups is 1. The number of nitrogens with one attached hydrogen (secondary N) is 1. The zero-order valence-corrected chi connectivity index (χ0v) is 12.9. The Hall–Kier alpha value is -3.03. The highest BCUT2D eigenvalue weighted by atomic mass is 19.2. The van der Waals surface area contributed by atoms with Crippen LogP contribution < -0.4 is 11.1 Å². The van der Waals surface area contributed by atoms with Crippen LogP contribution >= 0.6 is 0 Å². The molecule has 0 heterocycles. The molecule has 2 aromatic rings. The summed E-state index contributed by atoms with van der Waals surface area (Å²) < 4.78 is 40.3. The number of halogens is 3. The Labute approximate surface area is 141 Å². The van der Waals surface area contributed by atoms with Gasteiger partial charge in [-0.2, -0.15) is 0 Å². The molecular formula is C17H15F3N2O3. The summed E-state index contributed by atoms with van der Waals surface area (Å²) in [5, 5.41) is 11.5. The van der Waals surface area contributed by atoms with E-state index >= 15 is 0 Å². The van der Waals surface area contributed by atoms with E-state index in [1.165, 1.54) is 24.3 Å². The van der Waals surface area contributed by atoms with Crippen molar-refractivity contribution >= 4 is 11.8 Å². The minimum Gasteiger partial charge on any atom is -0.508 e. The van der Waals surface area contributed by atoms with Crippen LogP contribution in [0.1, 0.15) is 11.1 Å². The largest absolute Gasteiger partial charge is 0.508 e. The Morgan fingerprint density at radius 1 is 1.04 bits per heavy atom. The Kier molecular flexibility index (Phi) is 5.63. The molecule has 2 rings (SSSR count). The Balaban J connectivity index is 2.09. The van der Waals surface area contributed by atoms with Gasteiger partial charge in [-0.25, -0.2) is 13.2 Å². The maximum atomic E-state index is 13.6. The van der Waals surface area contributed by atoms with Crippen molar-refractivity contribution in [1.29, 1.82) is 0 Å². The van der Waals surface area contributed by atoms with E-state index in [9.17, 15) is 27.9 Å². The predicted octanol–water partition coefficient (Wildman–Crippen LogP) is 1.56. The zero-order chi connectivity index (χ0) is 18.6. The number of phenols is 1. The quantitative estimate of drug-likeness (QED) is 0.689. The Morgan fingerprint density at radius 2 is 1.64 bits per heavy atom. The number of phenolic OH excluding ortho intramolecular Hbond substituents is 1. The van der Waals surface area contributed by atoms with E-state index in [0.29, 0.717) is 17.7 Å². The first-order valence-corrected chi connectivity index (χ1v) is 7.27. The van der Waals surface area contributed by atoms with Crippen LogP contribution in [0.3, 0.4) is 0 Å². The van der Waals surface area contributed by atoms with Gasteiger partial charge in [0.1, 0.15) is 17.6 Å². The highest BCUT2D eigenvalue weighted by Crippen LogP contribution is 2.17. The number of hydrogen-bond donors (Lipinski definition) is 3. The van der Waals surface area contributed by atoms with Crippen molar-refractivity contribution in [3.05, 3.63) is 65.0 Å². The molecule has 132 valence electrons. The third-order valence-electron chi connectivity index (χ3n) is 3.53. The Bertz CT molecular complexity index is 794. The molecule has 2 amide bonds. The second kappa shape index (κ2) is 7.69. The van der Waals surface area contributed by atoms with Gasteiger partial charge in [0.25, 0.3) is 0 Å². The van der Waals surface area contributed by atoms with E-state index < -0.39 is 47.3 Å². The highest BCUT2D eigenvalue weighted by Gasteiger charge is 2.22. The van der Waals surface area contributed by atoms with Gasteiger partial charge < -0.3 is 16.2 Å². The molecule has 8 heteroatoms. The minimum atomic E-state index is -1.45. The molecule has 1 unspecified atom stereocenters. The number of carbonyl (C=O) groups excluding carboxylic acids is 2. The van der Waals surface area contributed by atoms with Crippen molar-refractivity contribution in [3.8, 4) is 5.75 Å². The van der Waals surface area contributed by atoms with Gasteiger partial charge >= 0.3 is 0 Å². The topological polar surface area (TPSA) is 92.4 Å². The normalized spacial score (nSPS) is 11.8. The first-order chi connectivity index (χ1) is 11.8. The van der Waals surface area contributed by atoms with Gasteiger partial charge in [0.05, 0.1) is 6.42 Å². The third-order valence-corrected chi connectivity index (χ3v) is 3.53. The molecule has 25 heavy (non-hydrogen) atoms. The molecule has 0 aliphatic heterocycles. The monoisotopic (exact) mass is 352 g/mol. The van der Waals surface area contributed by atoms with E-state index in [1.54, 1.807) is 0 Å². The van der Waals surface area contributed by atoms with Crippen LogP contribution in [0.5, 0.6) is 5.75 Å². The summed E-state index contributed by atoms with van der Waals surface area (Å²) in [7, 11) is 0. The number of primary amides is 1. The molecule has 2 aromatic carbocycles. The second-order valence-corrected chi connectivity index (χ2v) is 5.39. The minimum absolute atomic E-state index is 0.0233. The fraction of sp³-hybridized carbons (Fsp3) is 0.176. The fourth-order valence-corrected chi connectivity index (χ4v) is 2.23. The summed E-state index contributed by atoms with van der Waals surface area (Å²) in [5.41, 5.74) is 5.10. The molecule has 0 aliphatic carbocycles. The second-order valence-electron chi connectivity index (χ2n) is 5.39. The first-order valence-electron chi connectivity index (χ1n) is 7.27. The third kappa shape index (κ3) is 4.72. The van der Waals surface area contributed by atoms with Crippen LogP contribution in [-0.2, 0) is 22.4 Å². The molecule has 1 atom stereocenters. The average Bonchev–Trinajstić information content (AvgIpc) is 2.56. The van der Waals surface area contributed by atoms with Crippen LogP contribution in [0.2, 0.25) is 0 Å². The van der Waals surface area contributed by atoms with Crippen molar-refractivity contribution in [2.24, 2.45) is 5.73 Å². The number of amides is 2. The molecular weight excluding hydrogens is 337 g/mol. The summed E-state index contributed by atoms with van der Waals surface area (Å²) in [5.74, 6) is -5.50. The van der Waals surface area contributed by atoms with Crippen molar-refractivity contribution < 1.29 is 27.9 Å². The molecule has 0 saturated carbocycles. The van der Waals surface area contributed by atoms with Crippen LogP contribution in [0, 0.1) is 17.5 Å². The SMILES string of the molecule is NC(=O)C(Cc1ccc(O)cc1)NC(=O)Cc1c(F)ccc(F)c1F. The number of nitrogens with two attached hydrogens (primary N) is 1. The summed E-state index contributed by atoms with van der Waals surface area (Å²) in [6, 6.07) is 6.05. The standard InChI is InChI=1S/C17H15F3N2O3/c18-12-5-6-13(19)16(20)11(12)8-15(24)22-14(17(21)25)7-9-1-3-10(23)4-2-9/h1-6,14,23H,7-8H2,(H2,21,25)(H,22,24). The van der Waals surface area contributed by atoms with Crippen LogP contribution in [0.25, 0.3) is 0 Å². The average molecular weight is 352 g/mol. The maximum Gasteiger partial charge on any atom is 0.240 e. The molecule has 0 radical (unpaired) electrons. The Morgan fingerprint density at radius 3 is 2.24 bits per heavy atom. The summed E-state index contributed by atoms with van der Waals surface area (Å²) in [6.07, 6.45) is -0.760. The lowest BCUT2D eigenvalue weighted by Gasteiger charge is -2.16. The van der Waals surface area contributed by atoms with Gasteiger partial charge in [-0.15, -0.1) is 0 Å². The zero-order valence-electron chi connectivity index (χ0n) is 12.9.